The second-order valence-corrected chi connectivity index (χ2v) is 1.94. The van der Waals surface area contributed by atoms with Crippen LogP contribution in [0.25, 0.3) is 0 Å². The van der Waals surface area contributed by atoms with Crippen LogP contribution in [0.1, 0.15) is 0 Å². The van der Waals surface area contributed by atoms with Gasteiger partial charge in [0.05, 0.1) is 13.1 Å². The minimum Gasteiger partial charge on any atom is -0.278 e. The Bertz CT molecular complexity index is 88.2. The van der Waals surface area contributed by atoms with E-state index in [1.807, 2.05) is 24.1 Å². The second-order valence-electron chi connectivity index (χ2n) is 1.94. The predicted octanol–water partition coefficient (Wildman–Crippen LogP) is 0.146. The van der Waals surface area contributed by atoms with Crippen LogP contribution in [0.4, 0.5) is 0 Å². The van der Waals surface area contributed by atoms with Gasteiger partial charge in [-0.1, -0.05) is 10.4 Å². The van der Waals surface area contributed by atoms with E-state index in [4.69, 9.17) is 0 Å². The molecule has 0 bridgehead atoms. The largest absolute Gasteiger partial charge is 0.278 e. The summed E-state index contributed by atoms with van der Waals surface area (Å²) in [5.74, 6) is 0. The van der Waals surface area contributed by atoms with Gasteiger partial charge in [-0.3, -0.25) is 10.0 Å². The summed E-state index contributed by atoms with van der Waals surface area (Å²) >= 11 is 0. The minimum absolute atomic E-state index is 0.972. The molecule has 0 spiro atoms. The van der Waals surface area contributed by atoms with Crippen molar-refractivity contribution in [1.82, 2.24) is 10.0 Å². The molecule has 0 aliphatic carbocycles. The molecule has 1 rings (SSSR count). The molecule has 1 aliphatic heterocycles. The van der Waals surface area contributed by atoms with Gasteiger partial charge in [0.1, 0.15) is 0 Å². The van der Waals surface area contributed by atoms with E-state index >= 15 is 0 Å². The third kappa shape index (κ3) is 1.08. The molecule has 1 aliphatic rings. The van der Waals surface area contributed by atoms with Crippen LogP contribution in [0, 0.1) is 0 Å². The summed E-state index contributed by atoms with van der Waals surface area (Å²) in [6.07, 6.45) is 0. The van der Waals surface area contributed by atoms with E-state index in [-0.39, 0.29) is 0 Å². The zero-order valence-electron chi connectivity index (χ0n) is 5.20. The van der Waals surface area contributed by atoms with Gasteiger partial charge in [0.15, 0.2) is 0 Å². The van der Waals surface area contributed by atoms with E-state index < -0.39 is 0 Å². The molecule has 0 N–H and O–H groups in total. The third-order valence-corrected chi connectivity index (χ3v) is 1.09. The van der Waals surface area contributed by atoms with Crippen molar-refractivity contribution in [1.29, 1.82) is 0 Å². The lowest BCUT2D eigenvalue weighted by molar-refractivity contribution is 0.174. The highest BCUT2D eigenvalue weighted by atomic mass is 15.7. The van der Waals surface area contributed by atoms with Crippen molar-refractivity contribution in [2.24, 2.45) is 10.4 Å². The van der Waals surface area contributed by atoms with Gasteiger partial charge in [0, 0.05) is 14.1 Å². The van der Waals surface area contributed by atoms with Gasteiger partial charge in [-0.2, -0.15) is 0 Å². The number of likely N-dealkylation sites (N-methyl/N-ethyl adjacent to an activating group) is 2. The van der Waals surface area contributed by atoms with Crippen molar-refractivity contribution >= 4 is 0 Å². The first kappa shape index (κ1) is 5.34. The fourth-order valence-electron chi connectivity index (χ4n) is 0.515. The molecule has 46 valence electrons. The number of rotatable bonds is 0. The molecule has 8 heavy (non-hydrogen) atoms. The highest BCUT2D eigenvalue weighted by Gasteiger charge is 2.02. The van der Waals surface area contributed by atoms with E-state index in [0.29, 0.717) is 0 Å². The molecule has 0 amide bonds. The molecule has 0 saturated heterocycles. The summed E-state index contributed by atoms with van der Waals surface area (Å²) < 4.78 is 0. The van der Waals surface area contributed by atoms with Crippen LogP contribution in [0.15, 0.2) is 10.4 Å². The summed E-state index contributed by atoms with van der Waals surface area (Å²) in [7, 11) is 3.83. The Morgan fingerprint density at radius 1 is 1.00 bits per heavy atom. The van der Waals surface area contributed by atoms with Crippen LogP contribution in [-0.4, -0.2) is 37.2 Å². The molecular weight excluding hydrogens is 104 g/mol. The van der Waals surface area contributed by atoms with E-state index in [0.717, 1.165) is 13.1 Å². The standard InChI is InChI=1S/C4H10N4/c1-7-3-4-8(2)6-5-7/h3-4H2,1-2H3. The lowest BCUT2D eigenvalue weighted by Gasteiger charge is -2.21. The Kier molecular flexibility index (Phi) is 1.32. The van der Waals surface area contributed by atoms with Gasteiger partial charge in [0.2, 0.25) is 0 Å². The first-order valence-electron chi connectivity index (χ1n) is 2.63. The monoisotopic (exact) mass is 114 g/mol. The second kappa shape index (κ2) is 1.98. The molecule has 0 radical (unpaired) electrons. The van der Waals surface area contributed by atoms with Crippen LogP contribution in [-0.2, 0) is 0 Å². The summed E-state index contributed by atoms with van der Waals surface area (Å²) in [5, 5.41) is 11.2. The van der Waals surface area contributed by atoms with E-state index in [1.165, 1.54) is 0 Å². The van der Waals surface area contributed by atoms with Gasteiger partial charge in [0.25, 0.3) is 0 Å². The van der Waals surface area contributed by atoms with Gasteiger partial charge in [-0.05, 0) is 0 Å². The molecule has 4 nitrogen and oxygen atoms in total. The first-order chi connectivity index (χ1) is 3.79. The summed E-state index contributed by atoms with van der Waals surface area (Å²) in [6.45, 7) is 1.94. The van der Waals surface area contributed by atoms with Crippen molar-refractivity contribution in [3.8, 4) is 0 Å². The van der Waals surface area contributed by atoms with Crippen LogP contribution in [0.3, 0.4) is 0 Å². The van der Waals surface area contributed by atoms with Gasteiger partial charge >= 0.3 is 0 Å². The number of hydrogen-bond acceptors (Lipinski definition) is 4. The van der Waals surface area contributed by atoms with Crippen molar-refractivity contribution in [2.75, 3.05) is 27.2 Å². The zero-order chi connectivity index (χ0) is 5.98. The Morgan fingerprint density at radius 3 is 1.62 bits per heavy atom. The minimum atomic E-state index is 0.972. The SMILES string of the molecule is CN1CCN(C)N=N1. The summed E-state index contributed by atoms with van der Waals surface area (Å²) in [6, 6.07) is 0. The molecule has 0 atom stereocenters. The van der Waals surface area contributed by atoms with Crippen LogP contribution >= 0.6 is 0 Å². The summed E-state index contributed by atoms with van der Waals surface area (Å²) in [5.41, 5.74) is 0. The van der Waals surface area contributed by atoms with Crippen molar-refractivity contribution in [3.63, 3.8) is 0 Å². The molecule has 4 heteroatoms. The average Bonchev–Trinajstić information content (AvgIpc) is 1.77. The van der Waals surface area contributed by atoms with Gasteiger partial charge in [-0.25, -0.2) is 0 Å². The third-order valence-electron chi connectivity index (χ3n) is 1.09. The predicted molar refractivity (Wildman–Crippen MR) is 30.1 cm³/mol. The molecular formula is C4H10N4. The Balaban J connectivity index is 2.42. The Morgan fingerprint density at radius 2 is 1.38 bits per heavy atom. The lowest BCUT2D eigenvalue weighted by atomic mass is 10.6. The van der Waals surface area contributed by atoms with Crippen LogP contribution in [0.2, 0.25) is 0 Å². The van der Waals surface area contributed by atoms with Gasteiger partial charge in [-0.15, -0.1) is 0 Å². The zero-order valence-corrected chi connectivity index (χ0v) is 5.20. The normalized spacial score (nSPS) is 19.8. The molecule has 0 aromatic carbocycles. The maximum absolute atomic E-state index is 3.80. The molecule has 0 saturated carbocycles. The molecule has 0 aromatic rings. The Labute approximate surface area is 48.7 Å². The molecule has 1 heterocycles. The molecule has 0 fully saturated rings. The highest BCUT2D eigenvalue weighted by Crippen LogP contribution is 1.96. The van der Waals surface area contributed by atoms with E-state index in [1.54, 1.807) is 0 Å². The molecule has 0 unspecified atom stereocenters. The number of hydrogen-bond donors (Lipinski definition) is 0. The maximum Gasteiger partial charge on any atom is 0.0567 e. The smallest absolute Gasteiger partial charge is 0.0567 e. The topological polar surface area (TPSA) is 31.2 Å². The number of nitrogens with zero attached hydrogens (tertiary/aromatic N) is 4. The van der Waals surface area contributed by atoms with Crippen molar-refractivity contribution in [2.45, 2.75) is 0 Å². The van der Waals surface area contributed by atoms with Crippen molar-refractivity contribution < 1.29 is 0 Å². The van der Waals surface area contributed by atoms with Gasteiger partial charge < -0.3 is 0 Å². The first-order valence-corrected chi connectivity index (χ1v) is 2.63. The highest BCUT2D eigenvalue weighted by molar-refractivity contribution is 4.50. The Hall–Kier alpha value is -0.800. The molecule has 0 aromatic heterocycles. The summed E-state index contributed by atoms with van der Waals surface area (Å²) in [4.78, 5) is 0. The fourth-order valence-corrected chi connectivity index (χ4v) is 0.515. The average molecular weight is 114 g/mol. The quantitative estimate of drug-likeness (QED) is 0.448. The lowest BCUT2D eigenvalue weighted by Crippen LogP contribution is -2.29. The fraction of sp³-hybridized carbons (Fsp3) is 1.00. The van der Waals surface area contributed by atoms with Crippen LogP contribution < -0.4 is 0 Å². The van der Waals surface area contributed by atoms with E-state index in [2.05, 4.69) is 10.4 Å². The van der Waals surface area contributed by atoms with Crippen LogP contribution in [0.5, 0.6) is 0 Å². The maximum atomic E-state index is 3.80. The van der Waals surface area contributed by atoms with Crippen molar-refractivity contribution in [3.05, 3.63) is 0 Å². The van der Waals surface area contributed by atoms with E-state index in [9.17, 15) is 0 Å².